The molecule has 2 aliphatic heterocycles. The van der Waals surface area contributed by atoms with E-state index < -0.39 is 72.5 Å². The second-order valence-electron chi connectivity index (χ2n) is 26.5. The van der Waals surface area contributed by atoms with E-state index in [1.54, 1.807) is 26.4 Å². The molecule has 0 radical (unpaired) electrons. The molecule has 2 aromatic heterocycles. The molecule has 18 nitrogen and oxygen atoms in total. The normalized spacial score (nSPS) is 49.3. The Morgan fingerprint density at radius 3 is 1.47 bits per heavy atom. The second-order valence-corrected chi connectivity index (χ2v) is 26.5. The van der Waals surface area contributed by atoms with Crippen LogP contribution in [0.25, 0.3) is 10.4 Å². The Morgan fingerprint density at radius 1 is 0.590 bits per heavy atom. The zero-order chi connectivity index (χ0) is 55.5. The van der Waals surface area contributed by atoms with Crippen molar-refractivity contribution in [2.75, 3.05) is 0 Å². The molecule has 8 fully saturated rings. The number of nitrogens with zero attached hydrogens (tertiary/aromatic N) is 3. The fourth-order valence-corrected chi connectivity index (χ4v) is 18.6. The highest BCUT2D eigenvalue weighted by Gasteiger charge is 2.68. The maximum absolute atomic E-state index is 12.4. The van der Waals surface area contributed by atoms with E-state index in [4.69, 9.17) is 39.0 Å². The number of azide groups is 1. The van der Waals surface area contributed by atoms with Gasteiger partial charge in [-0.2, -0.15) is 0 Å². The number of nitrogens with two attached hydrogens (primary N) is 1. The Bertz CT molecular complexity index is 2760. The lowest BCUT2D eigenvalue weighted by Crippen LogP contribution is -2.61. The van der Waals surface area contributed by atoms with E-state index in [-0.39, 0.29) is 68.8 Å². The van der Waals surface area contributed by atoms with Crippen LogP contribution in [-0.2, 0) is 18.9 Å². The molecule has 6 saturated carbocycles. The van der Waals surface area contributed by atoms with E-state index >= 15 is 0 Å². The van der Waals surface area contributed by atoms with Crippen molar-refractivity contribution in [1.82, 2.24) is 0 Å². The van der Waals surface area contributed by atoms with E-state index in [9.17, 15) is 40.2 Å². The maximum Gasteiger partial charge on any atom is 0.335 e. The molecule has 12 rings (SSSR count). The monoisotopic (exact) mass is 1080 g/mol. The van der Waals surface area contributed by atoms with Gasteiger partial charge in [0.15, 0.2) is 12.6 Å². The Hall–Kier alpha value is -3.75. The van der Waals surface area contributed by atoms with Crippen molar-refractivity contribution in [1.29, 1.82) is 0 Å². The van der Waals surface area contributed by atoms with Crippen LogP contribution in [0.2, 0.25) is 0 Å². The number of hydrogen-bond donors (Lipinski definition) is 7. The number of rotatable bonds is 7. The predicted molar refractivity (Wildman–Crippen MR) is 285 cm³/mol. The molecule has 0 bridgehead atoms. The summed E-state index contributed by atoms with van der Waals surface area (Å²) in [6.07, 6.45) is 13.7. The quantitative estimate of drug-likeness (QED) is 0.0619. The van der Waals surface area contributed by atoms with Crippen molar-refractivity contribution in [2.24, 2.45) is 56.2 Å². The fourth-order valence-electron chi connectivity index (χ4n) is 18.6. The lowest BCUT2D eigenvalue weighted by atomic mass is 9.45. The number of ether oxygens (including phenoxy) is 4. The van der Waals surface area contributed by atoms with Crippen LogP contribution >= 0.6 is 0 Å². The molecule has 428 valence electrons. The van der Waals surface area contributed by atoms with E-state index in [0.717, 1.165) is 114 Å². The van der Waals surface area contributed by atoms with Gasteiger partial charge in [0.1, 0.15) is 18.3 Å². The van der Waals surface area contributed by atoms with Gasteiger partial charge in [0, 0.05) is 27.9 Å². The Labute approximate surface area is 456 Å². The van der Waals surface area contributed by atoms with Crippen molar-refractivity contribution in [3.8, 4) is 0 Å². The van der Waals surface area contributed by atoms with Crippen molar-refractivity contribution in [2.45, 2.75) is 241 Å². The van der Waals surface area contributed by atoms with Crippen LogP contribution in [0, 0.1) is 45.3 Å². The zero-order valence-corrected chi connectivity index (χ0v) is 46.2. The van der Waals surface area contributed by atoms with Crippen LogP contribution in [0.15, 0.2) is 83.6 Å². The minimum absolute atomic E-state index is 0.00133. The van der Waals surface area contributed by atoms with Gasteiger partial charge in [0.05, 0.1) is 66.3 Å². The first-order valence-corrected chi connectivity index (χ1v) is 29.2. The van der Waals surface area contributed by atoms with E-state index in [0.29, 0.717) is 11.8 Å². The predicted octanol–water partition coefficient (Wildman–Crippen LogP) is 7.31. The first-order chi connectivity index (χ1) is 37.0. The molecule has 8 N–H and O–H groups in total. The Balaban J connectivity index is 0.000000166. The summed E-state index contributed by atoms with van der Waals surface area (Å²) in [4.78, 5) is 25.9. The summed E-state index contributed by atoms with van der Waals surface area (Å²) in [5.74, 6) is 1.52. The summed E-state index contributed by atoms with van der Waals surface area (Å²) in [6.45, 7) is 12.7. The Kier molecular flexibility index (Phi) is 14.8. The first kappa shape index (κ1) is 56.1. The zero-order valence-electron chi connectivity index (χ0n) is 46.2. The fraction of sp³-hybridized carbons (Fsp3) is 0.767. The van der Waals surface area contributed by atoms with Crippen molar-refractivity contribution in [3.05, 3.63) is 103 Å². The molecule has 10 aliphatic rings. The number of fused-ring (bicyclic) bond motifs is 10. The molecule has 2 saturated heterocycles. The summed E-state index contributed by atoms with van der Waals surface area (Å²) >= 11 is 0. The van der Waals surface area contributed by atoms with Gasteiger partial charge in [-0.05, 0) is 192 Å². The summed E-state index contributed by atoms with van der Waals surface area (Å²) in [7, 11) is 0. The van der Waals surface area contributed by atoms with Crippen LogP contribution < -0.4 is 17.0 Å². The lowest BCUT2D eigenvalue weighted by Gasteiger charge is -2.62. The molecular formula is C60H84N4O14. The van der Waals surface area contributed by atoms with E-state index in [1.807, 2.05) is 12.1 Å². The van der Waals surface area contributed by atoms with Crippen LogP contribution in [0.5, 0.6) is 0 Å². The number of aliphatic hydroxyl groups excluding tert-OH is 4. The molecule has 18 heteroatoms. The first-order valence-electron chi connectivity index (χ1n) is 29.2. The maximum atomic E-state index is 12.4. The third-order valence-corrected chi connectivity index (χ3v) is 23.3. The summed E-state index contributed by atoms with van der Waals surface area (Å²) in [6, 6.07) is 5.21. The van der Waals surface area contributed by atoms with Crippen LogP contribution in [-0.4, -0.2) is 115 Å². The Morgan fingerprint density at radius 2 is 1.04 bits per heavy atom. The highest BCUT2D eigenvalue weighted by Crippen LogP contribution is 2.72. The molecular weight excluding hydrogens is 1000 g/mol. The molecule has 8 unspecified atom stereocenters. The molecule has 0 amide bonds. The van der Waals surface area contributed by atoms with Gasteiger partial charge in [-0.1, -0.05) is 56.1 Å². The molecule has 0 spiro atoms. The highest BCUT2D eigenvalue weighted by atomic mass is 16.7. The van der Waals surface area contributed by atoms with Gasteiger partial charge in [-0.3, -0.25) is 0 Å². The molecule has 4 heterocycles. The molecule has 8 aliphatic carbocycles. The molecule has 78 heavy (non-hydrogen) atoms. The SMILES string of the molecule is C[C@@H]1O[C@@H](O[C@@H]2C=C3CCC4C(CC[C@]5(C)C(c6ccc(=O)oc6)CC[C@]45O)[C@@]3(C)CC2)[C@H](O)C(O)[C@H]1N.C[C@@H]1O[C@@H](O[C@@H]2C=C3CCC4C(CC[C@]5(C)C(c6ccc(=O)oc6)CC[C@]45O)[C@@]3(C)CC2)[C@H](O)C(O)[C@H]1N=[N+]=[N-]. The van der Waals surface area contributed by atoms with Crippen LogP contribution in [0.3, 0.4) is 0 Å². The molecule has 2 aromatic rings. The number of hydrogen-bond acceptors (Lipinski definition) is 16. The summed E-state index contributed by atoms with van der Waals surface area (Å²) in [5.41, 5.74) is 16.7. The van der Waals surface area contributed by atoms with Gasteiger partial charge >= 0.3 is 11.3 Å². The third kappa shape index (κ3) is 8.88. The molecule has 0 aromatic carbocycles. The lowest BCUT2D eigenvalue weighted by molar-refractivity contribution is -0.279. The average Bonchev–Trinajstić information content (AvgIpc) is 3.57. The average molecular weight is 1090 g/mol. The van der Waals surface area contributed by atoms with Gasteiger partial charge in [-0.15, -0.1) is 0 Å². The van der Waals surface area contributed by atoms with Crippen molar-refractivity contribution >= 4 is 0 Å². The number of allylic oxidation sites excluding steroid dienone is 2. The van der Waals surface area contributed by atoms with Gasteiger partial charge in [0.25, 0.3) is 0 Å². The topological polar surface area (TPSA) is 294 Å². The smallest absolute Gasteiger partial charge is 0.335 e. The van der Waals surface area contributed by atoms with Crippen molar-refractivity contribution in [3.63, 3.8) is 0 Å². The minimum atomic E-state index is -1.31. The molecule has 24 atom stereocenters. The summed E-state index contributed by atoms with van der Waals surface area (Å²) < 4.78 is 34.4. The van der Waals surface area contributed by atoms with Gasteiger partial charge < -0.3 is 64.2 Å². The standard InChI is InChI=1S/C30H41N3O7.C30H43NO7/c1-16-24(32-33-31)25(35)26(36)27(39-16)40-19-8-11-28(2)18(14-19)5-6-22-21(28)9-12-29(3)20(10-13-30(22,29)37)17-4-7-23(34)38-15-17;1-16-24(31)25(33)26(34)27(37-16)38-19-8-11-28(2)18(14-19)5-6-22-21(28)9-12-29(3)20(10-13-30(22,29)35)17-4-7-23(32)36-15-17/h4,7,14-16,19-22,24-27,35-37H,5-6,8-13H2,1-3H3;4,7,14-16,19-22,24-27,33-35H,5-6,8-13,31H2,1-3H3/t2*16-,19-,20?,21?,22?,24-,25?,26+,27-,28-,29+,30-/m00/s1. The van der Waals surface area contributed by atoms with E-state index in [2.05, 4.69) is 49.9 Å². The number of aliphatic hydroxyl groups is 6. The van der Waals surface area contributed by atoms with Gasteiger partial charge in [0.2, 0.25) is 0 Å². The van der Waals surface area contributed by atoms with Crippen LogP contribution in [0.4, 0.5) is 0 Å². The van der Waals surface area contributed by atoms with Gasteiger partial charge in [-0.25, -0.2) is 9.59 Å². The second kappa shape index (κ2) is 20.6. The summed E-state index contributed by atoms with van der Waals surface area (Å²) in [5, 5.41) is 70.3. The largest absolute Gasteiger partial charge is 0.431 e. The van der Waals surface area contributed by atoms with Crippen molar-refractivity contribution < 1.29 is 58.4 Å². The van der Waals surface area contributed by atoms with E-state index in [1.165, 1.54) is 23.3 Å². The third-order valence-electron chi connectivity index (χ3n) is 23.3. The van der Waals surface area contributed by atoms with Crippen LogP contribution in [0.1, 0.15) is 167 Å². The minimum Gasteiger partial charge on any atom is -0.431 e. The highest BCUT2D eigenvalue weighted by molar-refractivity contribution is 5.33.